The lowest BCUT2D eigenvalue weighted by atomic mass is 9.88. The average Bonchev–Trinajstić information content (AvgIpc) is 3.09. The summed E-state index contributed by atoms with van der Waals surface area (Å²) >= 11 is 0. The van der Waals surface area contributed by atoms with Crippen LogP contribution in [0.15, 0.2) is 60.8 Å². The Balaban J connectivity index is 1.09. The molecule has 2 aliphatic heterocycles. The number of likely N-dealkylation sites (tertiary alicyclic amines) is 2. The molecule has 45 heavy (non-hydrogen) atoms. The molecule has 0 radical (unpaired) electrons. The second kappa shape index (κ2) is 14.3. The van der Waals surface area contributed by atoms with Gasteiger partial charge >= 0.3 is 0 Å². The minimum Gasteiger partial charge on any atom is -0.497 e. The molecule has 0 bridgehead atoms. The number of Topliss-reactive ketones (excluding diaryl/α,β-unsaturated/α-hetero) is 1. The summed E-state index contributed by atoms with van der Waals surface area (Å²) in [5, 5.41) is 12.1. The topological polar surface area (TPSA) is 125 Å². The molecule has 11 heteroatoms. The van der Waals surface area contributed by atoms with E-state index in [1.165, 1.54) is 25.4 Å². The SMILES string of the molecule is COc1ccc(C(=O)C2CCN(C(=O)c3ccc(C(=O)NC4CCN(Cc5ccc(OC)c(C#N)c5)CC4F)cn3)CC2)cc1. The number of aromatic nitrogens is 1. The number of alkyl halides is 1. The maximum absolute atomic E-state index is 15.1. The van der Waals surface area contributed by atoms with Crippen LogP contribution in [0.4, 0.5) is 4.39 Å². The summed E-state index contributed by atoms with van der Waals surface area (Å²) in [4.78, 5) is 46.7. The molecule has 0 saturated carbocycles. The van der Waals surface area contributed by atoms with Gasteiger partial charge in [0, 0.05) is 50.4 Å². The van der Waals surface area contributed by atoms with Gasteiger partial charge in [-0.25, -0.2) is 4.39 Å². The summed E-state index contributed by atoms with van der Waals surface area (Å²) in [5.41, 5.74) is 2.39. The highest BCUT2D eigenvalue weighted by Crippen LogP contribution is 2.25. The number of carbonyl (C=O) groups is 3. The van der Waals surface area contributed by atoms with Gasteiger partial charge in [-0.3, -0.25) is 24.3 Å². The second-order valence-electron chi connectivity index (χ2n) is 11.4. The lowest BCUT2D eigenvalue weighted by Crippen LogP contribution is -2.52. The number of amides is 2. The van der Waals surface area contributed by atoms with Crippen LogP contribution in [0.3, 0.4) is 0 Å². The molecule has 2 aromatic carbocycles. The summed E-state index contributed by atoms with van der Waals surface area (Å²) in [6.45, 7) is 2.07. The van der Waals surface area contributed by atoms with Crippen LogP contribution in [0, 0.1) is 17.2 Å². The summed E-state index contributed by atoms with van der Waals surface area (Å²) in [7, 11) is 3.08. The fraction of sp³-hybridized carbons (Fsp3) is 0.382. The van der Waals surface area contributed by atoms with Gasteiger partial charge in [0.25, 0.3) is 11.8 Å². The number of nitriles is 1. The highest BCUT2D eigenvalue weighted by Gasteiger charge is 2.32. The molecule has 2 unspecified atom stereocenters. The quantitative estimate of drug-likeness (QED) is 0.359. The zero-order chi connectivity index (χ0) is 31.9. The van der Waals surface area contributed by atoms with E-state index in [0.29, 0.717) is 68.1 Å². The first-order valence-electron chi connectivity index (χ1n) is 15.0. The van der Waals surface area contributed by atoms with Gasteiger partial charge in [-0.1, -0.05) is 6.07 Å². The number of nitrogens with one attached hydrogen (secondary N) is 1. The molecule has 234 valence electrons. The van der Waals surface area contributed by atoms with Crippen LogP contribution in [0.2, 0.25) is 0 Å². The Hall–Kier alpha value is -4.82. The van der Waals surface area contributed by atoms with Crippen LogP contribution in [0.1, 0.15) is 61.6 Å². The molecule has 2 fully saturated rings. The van der Waals surface area contributed by atoms with Gasteiger partial charge in [-0.2, -0.15) is 5.26 Å². The Labute approximate surface area is 261 Å². The zero-order valence-corrected chi connectivity index (χ0v) is 25.4. The minimum atomic E-state index is -1.27. The Bertz CT molecular complexity index is 1570. The molecule has 5 rings (SSSR count). The highest BCUT2D eigenvalue weighted by atomic mass is 19.1. The number of ketones is 1. The second-order valence-corrected chi connectivity index (χ2v) is 11.4. The molecule has 3 heterocycles. The van der Waals surface area contributed by atoms with Crippen molar-refractivity contribution in [3.05, 3.63) is 88.7 Å². The summed E-state index contributed by atoms with van der Waals surface area (Å²) in [5.74, 6) is 0.379. The Morgan fingerprint density at radius 2 is 1.71 bits per heavy atom. The van der Waals surface area contributed by atoms with Crippen LogP contribution in [0.5, 0.6) is 11.5 Å². The molecule has 3 aromatic rings. The summed E-state index contributed by atoms with van der Waals surface area (Å²) in [6.07, 6.45) is 1.60. The molecule has 2 saturated heterocycles. The molecule has 1 aromatic heterocycles. The van der Waals surface area contributed by atoms with E-state index in [9.17, 15) is 19.6 Å². The number of nitrogens with zero attached hydrogens (tertiary/aromatic N) is 4. The van der Waals surface area contributed by atoms with Gasteiger partial charge in [0.15, 0.2) is 5.78 Å². The van der Waals surface area contributed by atoms with Crippen molar-refractivity contribution in [1.29, 1.82) is 5.26 Å². The van der Waals surface area contributed by atoms with E-state index in [0.717, 1.165) is 5.56 Å². The Morgan fingerprint density at radius 1 is 0.978 bits per heavy atom. The number of rotatable bonds is 9. The number of carbonyl (C=O) groups excluding carboxylic acids is 3. The minimum absolute atomic E-state index is 0.0610. The van der Waals surface area contributed by atoms with Gasteiger partial charge in [0.2, 0.25) is 0 Å². The lowest BCUT2D eigenvalue weighted by molar-refractivity contribution is 0.0645. The number of pyridine rings is 1. The predicted molar refractivity (Wildman–Crippen MR) is 164 cm³/mol. The monoisotopic (exact) mass is 613 g/mol. The molecule has 2 atom stereocenters. The number of hydrogen-bond acceptors (Lipinski definition) is 8. The van der Waals surface area contributed by atoms with E-state index < -0.39 is 18.1 Å². The first-order valence-corrected chi connectivity index (χ1v) is 15.0. The van der Waals surface area contributed by atoms with Crippen LogP contribution < -0.4 is 14.8 Å². The fourth-order valence-corrected chi connectivity index (χ4v) is 5.88. The van der Waals surface area contributed by atoms with E-state index in [1.54, 1.807) is 48.4 Å². The van der Waals surface area contributed by atoms with Crippen LogP contribution in [-0.2, 0) is 6.54 Å². The third-order valence-electron chi connectivity index (χ3n) is 8.50. The number of piperidine rings is 2. The average molecular weight is 614 g/mol. The van der Waals surface area contributed by atoms with Crippen molar-refractivity contribution >= 4 is 17.6 Å². The fourth-order valence-electron chi connectivity index (χ4n) is 5.88. The van der Waals surface area contributed by atoms with E-state index in [-0.39, 0.29) is 35.4 Å². The van der Waals surface area contributed by atoms with Crippen LogP contribution in [0.25, 0.3) is 0 Å². The van der Waals surface area contributed by atoms with Gasteiger partial charge in [-0.05, 0) is 73.4 Å². The third kappa shape index (κ3) is 7.46. The molecular formula is C34H36FN5O5. The number of hydrogen-bond donors (Lipinski definition) is 1. The van der Waals surface area contributed by atoms with Crippen molar-refractivity contribution in [3.63, 3.8) is 0 Å². The van der Waals surface area contributed by atoms with E-state index >= 15 is 4.39 Å². The lowest BCUT2D eigenvalue weighted by Gasteiger charge is -2.35. The Morgan fingerprint density at radius 3 is 2.33 bits per heavy atom. The van der Waals surface area contributed by atoms with Crippen molar-refractivity contribution in [2.24, 2.45) is 5.92 Å². The molecule has 2 amide bonds. The van der Waals surface area contributed by atoms with Gasteiger partial charge in [0.05, 0.1) is 31.4 Å². The van der Waals surface area contributed by atoms with Gasteiger partial charge in [-0.15, -0.1) is 0 Å². The standard InChI is InChI=1S/C34H36FN5O5/c1-44-27-7-4-23(5-8-27)32(41)24-11-15-40(16-12-24)34(43)30-9-6-25(19-37-30)33(42)38-29-13-14-39(21-28(29)35)20-22-3-10-31(45-2)26(17-22)18-36/h3-10,17,19,24,28-29H,11-16,20-21H2,1-2H3,(H,38,42). The van der Waals surface area contributed by atoms with E-state index in [1.807, 2.05) is 11.0 Å². The van der Waals surface area contributed by atoms with Gasteiger partial charge < -0.3 is 19.7 Å². The van der Waals surface area contributed by atoms with Crippen molar-refractivity contribution in [2.75, 3.05) is 40.4 Å². The van der Waals surface area contributed by atoms with Crippen molar-refractivity contribution in [3.8, 4) is 17.6 Å². The summed E-state index contributed by atoms with van der Waals surface area (Å²) in [6, 6.07) is 16.9. The van der Waals surface area contributed by atoms with E-state index in [2.05, 4.69) is 16.4 Å². The molecule has 0 aliphatic carbocycles. The summed E-state index contributed by atoms with van der Waals surface area (Å²) < 4.78 is 25.4. The third-order valence-corrected chi connectivity index (χ3v) is 8.50. The number of methoxy groups -OCH3 is 2. The normalized spacial score (nSPS) is 18.9. The van der Waals surface area contributed by atoms with Crippen LogP contribution >= 0.6 is 0 Å². The zero-order valence-electron chi connectivity index (χ0n) is 25.4. The molecule has 2 aliphatic rings. The van der Waals surface area contributed by atoms with E-state index in [4.69, 9.17) is 9.47 Å². The maximum atomic E-state index is 15.1. The predicted octanol–water partition coefficient (Wildman–Crippen LogP) is 4.05. The van der Waals surface area contributed by atoms with Crippen molar-refractivity contribution < 1.29 is 28.2 Å². The smallest absolute Gasteiger partial charge is 0.272 e. The number of halogens is 1. The van der Waals surface area contributed by atoms with Crippen LogP contribution in [-0.4, -0.2) is 85.0 Å². The van der Waals surface area contributed by atoms with Crippen molar-refractivity contribution in [1.82, 2.24) is 20.1 Å². The highest BCUT2D eigenvalue weighted by molar-refractivity contribution is 5.99. The molecule has 10 nitrogen and oxygen atoms in total. The Kier molecular flexibility index (Phi) is 10.0. The maximum Gasteiger partial charge on any atom is 0.272 e. The number of ether oxygens (including phenoxy) is 2. The number of benzene rings is 2. The van der Waals surface area contributed by atoms with Gasteiger partial charge in [0.1, 0.15) is 29.4 Å². The molecule has 0 spiro atoms. The van der Waals surface area contributed by atoms with Crippen molar-refractivity contribution in [2.45, 2.75) is 38.0 Å². The molecular weight excluding hydrogens is 577 g/mol. The largest absolute Gasteiger partial charge is 0.497 e. The molecule has 1 N–H and O–H groups in total. The first-order chi connectivity index (χ1) is 21.8. The first kappa shape index (κ1) is 31.6.